The first-order valence-electron chi connectivity index (χ1n) is 7.03. The van der Waals surface area contributed by atoms with Crippen molar-refractivity contribution >= 4 is 10.0 Å². The Morgan fingerprint density at radius 1 is 1.05 bits per heavy atom. The van der Waals surface area contributed by atoms with Gasteiger partial charge in [0.05, 0.1) is 4.90 Å². The average molecular weight is 319 g/mol. The van der Waals surface area contributed by atoms with Crippen molar-refractivity contribution in [2.24, 2.45) is 0 Å². The first kappa shape index (κ1) is 16.5. The summed E-state index contributed by atoms with van der Waals surface area (Å²) in [6.45, 7) is 4.38. The van der Waals surface area contributed by atoms with E-state index in [1.165, 1.54) is 24.0 Å². The van der Waals surface area contributed by atoms with Gasteiger partial charge in [-0.2, -0.15) is 0 Å². The lowest BCUT2D eigenvalue weighted by molar-refractivity contribution is 0.303. The van der Waals surface area contributed by atoms with Gasteiger partial charge in [0, 0.05) is 14.1 Å². The summed E-state index contributed by atoms with van der Waals surface area (Å²) < 4.78 is 31.3. The quantitative estimate of drug-likeness (QED) is 0.850. The van der Waals surface area contributed by atoms with E-state index < -0.39 is 10.0 Å². The largest absolute Gasteiger partial charge is 0.489 e. The Hall–Kier alpha value is -1.85. The summed E-state index contributed by atoms with van der Waals surface area (Å²) in [5.74, 6) is 0.820. The molecule has 0 atom stereocenters. The molecule has 22 heavy (non-hydrogen) atoms. The number of hydrogen-bond acceptors (Lipinski definition) is 3. The van der Waals surface area contributed by atoms with Crippen molar-refractivity contribution in [3.8, 4) is 5.75 Å². The minimum Gasteiger partial charge on any atom is -0.489 e. The van der Waals surface area contributed by atoms with Gasteiger partial charge in [0.1, 0.15) is 12.4 Å². The molecule has 2 aromatic rings. The molecule has 0 radical (unpaired) electrons. The van der Waals surface area contributed by atoms with Crippen LogP contribution in [0.15, 0.2) is 47.4 Å². The number of hydrogen-bond donors (Lipinski definition) is 0. The van der Waals surface area contributed by atoms with Crippen LogP contribution in [0.4, 0.5) is 0 Å². The molecule has 0 aliphatic heterocycles. The van der Waals surface area contributed by atoms with Crippen LogP contribution >= 0.6 is 0 Å². The second-order valence-corrected chi connectivity index (χ2v) is 7.57. The maximum absolute atomic E-state index is 12.1. The molecule has 0 aromatic heterocycles. The van der Waals surface area contributed by atoms with Crippen LogP contribution in [0.2, 0.25) is 0 Å². The van der Waals surface area contributed by atoms with Crippen LogP contribution in [0.3, 0.4) is 0 Å². The summed E-state index contributed by atoms with van der Waals surface area (Å²) in [7, 11) is -0.375. The van der Waals surface area contributed by atoms with Gasteiger partial charge >= 0.3 is 0 Å². The molecular weight excluding hydrogens is 298 g/mol. The first-order chi connectivity index (χ1) is 10.3. The predicted octanol–water partition coefficient (Wildman–Crippen LogP) is 3.13. The van der Waals surface area contributed by atoms with E-state index in [0.717, 1.165) is 16.9 Å². The fraction of sp³-hybridized carbons (Fsp3) is 0.294. The lowest BCUT2D eigenvalue weighted by Gasteiger charge is -2.13. The van der Waals surface area contributed by atoms with Crippen LogP contribution in [-0.4, -0.2) is 26.8 Å². The summed E-state index contributed by atoms with van der Waals surface area (Å²) in [5, 5.41) is 0. The minimum atomic E-state index is -3.42. The van der Waals surface area contributed by atoms with E-state index in [0.29, 0.717) is 6.61 Å². The molecule has 0 N–H and O–H groups in total. The van der Waals surface area contributed by atoms with Crippen LogP contribution < -0.4 is 4.74 Å². The molecule has 0 saturated carbocycles. The highest BCUT2D eigenvalue weighted by Crippen LogP contribution is 2.22. The lowest BCUT2D eigenvalue weighted by Crippen LogP contribution is -2.22. The maximum atomic E-state index is 12.1. The number of aryl methyl sites for hydroxylation is 1. The van der Waals surface area contributed by atoms with E-state index in [1.807, 2.05) is 38.1 Å². The lowest BCUT2D eigenvalue weighted by atomic mass is 10.1. The van der Waals surface area contributed by atoms with E-state index in [4.69, 9.17) is 4.74 Å². The Kier molecular flexibility index (Phi) is 4.88. The fourth-order valence-electron chi connectivity index (χ4n) is 2.05. The molecule has 2 rings (SSSR count). The molecule has 2 aromatic carbocycles. The highest BCUT2D eigenvalue weighted by atomic mass is 32.2. The SMILES string of the molecule is Cc1cccc(OCc2cccc(S(=O)(=O)N(C)C)c2)c1C. The third kappa shape index (κ3) is 3.48. The number of sulfonamides is 1. The monoisotopic (exact) mass is 319 g/mol. The van der Waals surface area contributed by atoms with Crippen molar-refractivity contribution in [2.45, 2.75) is 25.3 Å². The normalized spacial score (nSPS) is 11.7. The second-order valence-electron chi connectivity index (χ2n) is 5.42. The zero-order valence-electron chi connectivity index (χ0n) is 13.3. The van der Waals surface area contributed by atoms with Crippen LogP contribution in [0.25, 0.3) is 0 Å². The number of rotatable bonds is 5. The topological polar surface area (TPSA) is 46.6 Å². The van der Waals surface area contributed by atoms with Gasteiger partial charge in [-0.05, 0) is 48.7 Å². The molecule has 0 spiro atoms. The Bertz CT molecular complexity index is 767. The van der Waals surface area contributed by atoms with Gasteiger partial charge in [-0.15, -0.1) is 0 Å². The van der Waals surface area contributed by atoms with E-state index in [1.54, 1.807) is 18.2 Å². The summed E-state index contributed by atoms with van der Waals surface area (Å²) in [6.07, 6.45) is 0. The van der Waals surface area contributed by atoms with Gasteiger partial charge < -0.3 is 4.74 Å². The van der Waals surface area contributed by atoms with E-state index in [9.17, 15) is 8.42 Å². The van der Waals surface area contributed by atoms with Crippen molar-refractivity contribution in [1.29, 1.82) is 0 Å². The van der Waals surface area contributed by atoms with Crippen molar-refractivity contribution in [2.75, 3.05) is 14.1 Å². The molecule has 0 heterocycles. The number of benzene rings is 2. The third-order valence-corrected chi connectivity index (χ3v) is 5.44. The smallest absolute Gasteiger partial charge is 0.242 e. The van der Waals surface area contributed by atoms with E-state index in [-0.39, 0.29) is 4.90 Å². The first-order valence-corrected chi connectivity index (χ1v) is 8.47. The standard InChI is InChI=1S/C17H21NO3S/c1-13-7-5-10-17(14(13)2)21-12-15-8-6-9-16(11-15)22(19,20)18(3)4/h5-11H,12H2,1-4H3. The Morgan fingerprint density at radius 3 is 2.41 bits per heavy atom. The van der Waals surface area contributed by atoms with E-state index >= 15 is 0 Å². The summed E-state index contributed by atoms with van der Waals surface area (Å²) >= 11 is 0. The summed E-state index contributed by atoms with van der Waals surface area (Å²) in [6, 6.07) is 12.7. The maximum Gasteiger partial charge on any atom is 0.242 e. The molecule has 0 bridgehead atoms. The van der Waals surface area contributed by atoms with Crippen LogP contribution in [0.1, 0.15) is 16.7 Å². The second kappa shape index (κ2) is 6.50. The van der Waals surface area contributed by atoms with Crippen molar-refractivity contribution in [3.63, 3.8) is 0 Å². The highest BCUT2D eigenvalue weighted by Gasteiger charge is 2.17. The third-order valence-electron chi connectivity index (χ3n) is 3.63. The molecule has 5 heteroatoms. The molecular formula is C17H21NO3S. The Morgan fingerprint density at radius 2 is 1.73 bits per heavy atom. The molecule has 0 unspecified atom stereocenters. The summed E-state index contributed by atoms with van der Waals surface area (Å²) in [4.78, 5) is 0.277. The molecule has 0 aliphatic carbocycles. The zero-order chi connectivity index (χ0) is 16.3. The molecule has 0 saturated heterocycles. The van der Waals surface area contributed by atoms with Crippen LogP contribution in [0.5, 0.6) is 5.75 Å². The van der Waals surface area contributed by atoms with Crippen molar-refractivity contribution in [3.05, 3.63) is 59.2 Å². The number of nitrogens with zero attached hydrogens (tertiary/aromatic N) is 1. The van der Waals surface area contributed by atoms with Crippen LogP contribution in [-0.2, 0) is 16.6 Å². The summed E-state index contributed by atoms with van der Waals surface area (Å²) in [5.41, 5.74) is 3.09. The highest BCUT2D eigenvalue weighted by molar-refractivity contribution is 7.89. The van der Waals surface area contributed by atoms with E-state index in [2.05, 4.69) is 0 Å². The molecule has 118 valence electrons. The van der Waals surface area contributed by atoms with Gasteiger partial charge in [0.25, 0.3) is 0 Å². The van der Waals surface area contributed by atoms with Gasteiger partial charge in [0.2, 0.25) is 10.0 Å². The average Bonchev–Trinajstić information content (AvgIpc) is 2.49. The van der Waals surface area contributed by atoms with Crippen molar-refractivity contribution < 1.29 is 13.2 Å². The fourth-order valence-corrected chi connectivity index (χ4v) is 3.02. The zero-order valence-corrected chi connectivity index (χ0v) is 14.1. The Balaban J connectivity index is 2.20. The van der Waals surface area contributed by atoms with Crippen LogP contribution in [0, 0.1) is 13.8 Å². The number of ether oxygens (including phenoxy) is 1. The molecule has 0 fully saturated rings. The minimum absolute atomic E-state index is 0.277. The van der Waals surface area contributed by atoms with Crippen molar-refractivity contribution in [1.82, 2.24) is 4.31 Å². The molecule has 0 aliphatic rings. The Labute approximate surface area is 132 Å². The predicted molar refractivity (Wildman–Crippen MR) is 87.6 cm³/mol. The van der Waals surface area contributed by atoms with Gasteiger partial charge in [-0.1, -0.05) is 24.3 Å². The van der Waals surface area contributed by atoms with Gasteiger partial charge in [-0.25, -0.2) is 12.7 Å². The molecule has 0 amide bonds. The van der Waals surface area contributed by atoms with Gasteiger partial charge in [-0.3, -0.25) is 0 Å². The van der Waals surface area contributed by atoms with Gasteiger partial charge in [0.15, 0.2) is 0 Å². The molecule has 4 nitrogen and oxygen atoms in total.